The highest BCUT2D eigenvalue weighted by Gasteiger charge is 2.14. The van der Waals surface area contributed by atoms with Crippen molar-refractivity contribution in [2.45, 2.75) is 45.8 Å². The Kier molecular flexibility index (Phi) is 5.60. The number of rotatable bonds is 5. The van der Waals surface area contributed by atoms with Crippen molar-refractivity contribution >= 4 is 15.9 Å². The van der Waals surface area contributed by atoms with Crippen LogP contribution in [-0.2, 0) is 0 Å². The molecule has 0 bridgehead atoms. The summed E-state index contributed by atoms with van der Waals surface area (Å²) >= 11 is 3.26. The fourth-order valence-corrected chi connectivity index (χ4v) is 1.92. The lowest BCUT2D eigenvalue weighted by Crippen LogP contribution is -2.42. The van der Waals surface area contributed by atoms with Gasteiger partial charge in [0, 0.05) is 22.6 Å². The second-order valence-electron chi connectivity index (χ2n) is 5.38. The highest BCUT2D eigenvalue weighted by molar-refractivity contribution is 9.10. The molecule has 0 aliphatic rings. The standard InChI is InChI=1S/C14H21BrFNO/c1-5-12(9-17-14(2,3)4)18-13-7-10(15)6-11(16)8-13/h6-8,12,17H,5,9H2,1-4H3. The van der Waals surface area contributed by atoms with Crippen LogP contribution in [0, 0.1) is 5.82 Å². The minimum atomic E-state index is -0.294. The third kappa shape index (κ3) is 5.83. The maximum atomic E-state index is 13.2. The Labute approximate surface area is 117 Å². The molecule has 1 rings (SSSR count). The summed E-state index contributed by atoms with van der Waals surface area (Å²) in [5.74, 6) is 0.266. The Balaban J connectivity index is 2.62. The molecule has 0 aliphatic heterocycles. The van der Waals surface area contributed by atoms with Crippen LogP contribution in [0.4, 0.5) is 4.39 Å². The molecule has 0 fully saturated rings. The van der Waals surface area contributed by atoms with Gasteiger partial charge in [-0.2, -0.15) is 0 Å². The molecule has 4 heteroatoms. The fraction of sp³-hybridized carbons (Fsp3) is 0.571. The smallest absolute Gasteiger partial charge is 0.128 e. The van der Waals surface area contributed by atoms with Gasteiger partial charge in [0.1, 0.15) is 17.7 Å². The molecule has 0 radical (unpaired) electrons. The van der Waals surface area contributed by atoms with E-state index in [9.17, 15) is 4.39 Å². The van der Waals surface area contributed by atoms with Gasteiger partial charge < -0.3 is 10.1 Å². The van der Waals surface area contributed by atoms with Crippen LogP contribution in [0.1, 0.15) is 34.1 Å². The van der Waals surface area contributed by atoms with Crippen LogP contribution in [0.25, 0.3) is 0 Å². The topological polar surface area (TPSA) is 21.3 Å². The molecule has 0 saturated heterocycles. The highest BCUT2D eigenvalue weighted by Crippen LogP contribution is 2.22. The van der Waals surface area contributed by atoms with Crippen LogP contribution in [0.5, 0.6) is 5.75 Å². The quantitative estimate of drug-likeness (QED) is 0.881. The van der Waals surface area contributed by atoms with Crippen LogP contribution >= 0.6 is 15.9 Å². The molecule has 1 N–H and O–H groups in total. The molecule has 0 spiro atoms. The molecule has 102 valence electrons. The number of nitrogens with one attached hydrogen (secondary N) is 1. The first-order chi connectivity index (χ1) is 8.30. The zero-order chi connectivity index (χ0) is 13.8. The van der Waals surface area contributed by atoms with E-state index in [0.717, 1.165) is 13.0 Å². The number of hydrogen-bond acceptors (Lipinski definition) is 2. The van der Waals surface area contributed by atoms with E-state index in [2.05, 4.69) is 48.9 Å². The Morgan fingerprint density at radius 2 is 2.00 bits per heavy atom. The van der Waals surface area contributed by atoms with Crippen molar-refractivity contribution in [3.05, 3.63) is 28.5 Å². The zero-order valence-electron chi connectivity index (χ0n) is 11.4. The average molecular weight is 318 g/mol. The van der Waals surface area contributed by atoms with Gasteiger partial charge in [0.2, 0.25) is 0 Å². The Morgan fingerprint density at radius 3 is 2.50 bits per heavy atom. The number of hydrogen-bond donors (Lipinski definition) is 1. The first kappa shape index (κ1) is 15.4. The number of ether oxygens (including phenoxy) is 1. The van der Waals surface area contributed by atoms with Gasteiger partial charge in [-0.05, 0) is 39.3 Å². The van der Waals surface area contributed by atoms with Gasteiger partial charge in [-0.15, -0.1) is 0 Å². The Bertz CT molecular complexity index is 370. The highest BCUT2D eigenvalue weighted by atomic mass is 79.9. The summed E-state index contributed by atoms with van der Waals surface area (Å²) in [6.45, 7) is 9.13. The van der Waals surface area contributed by atoms with Crippen molar-refractivity contribution in [3.8, 4) is 5.75 Å². The van der Waals surface area contributed by atoms with Crippen molar-refractivity contribution in [2.75, 3.05) is 6.54 Å². The molecule has 2 nitrogen and oxygen atoms in total. The van der Waals surface area contributed by atoms with E-state index in [1.165, 1.54) is 12.1 Å². The number of halogens is 2. The average Bonchev–Trinajstić information content (AvgIpc) is 2.21. The lowest BCUT2D eigenvalue weighted by molar-refractivity contribution is 0.180. The van der Waals surface area contributed by atoms with Gasteiger partial charge in [0.15, 0.2) is 0 Å². The van der Waals surface area contributed by atoms with Crippen LogP contribution in [-0.4, -0.2) is 18.2 Å². The van der Waals surface area contributed by atoms with E-state index in [1.54, 1.807) is 6.07 Å². The fourth-order valence-electron chi connectivity index (χ4n) is 1.48. The predicted octanol–water partition coefficient (Wildman–Crippen LogP) is 4.13. The second-order valence-corrected chi connectivity index (χ2v) is 6.30. The maximum absolute atomic E-state index is 13.2. The molecular formula is C14H21BrFNO. The second kappa shape index (κ2) is 6.53. The first-order valence-electron chi connectivity index (χ1n) is 6.18. The molecule has 0 aromatic heterocycles. The van der Waals surface area contributed by atoms with Crippen LogP contribution in [0.2, 0.25) is 0 Å². The van der Waals surface area contributed by atoms with Gasteiger partial charge >= 0.3 is 0 Å². The maximum Gasteiger partial charge on any atom is 0.128 e. The SMILES string of the molecule is CCC(CNC(C)(C)C)Oc1cc(F)cc(Br)c1. The van der Waals surface area contributed by atoms with Gasteiger partial charge in [-0.1, -0.05) is 22.9 Å². The molecule has 1 aromatic carbocycles. The summed E-state index contributed by atoms with van der Waals surface area (Å²) in [6.07, 6.45) is 0.912. The lowest BCUT2D eigenvalue weighted by atomic mass is 10.1. The van der Waals surface area contributed by atoms with Crippen molar-refractivity contribution < 1.29 is 9.13 Å². The largest absolute Gasteiger partial charge is 0.489 e. The molecule has 0 saturated carbocycles. The van der Waals surface area contributed by atoms with E-state index in [-0.39, 0.29) is 17.5 Å². The minimum absolute atomic E-state index is 0.0397. The van der Waals surface area contributed by atoms with E-state index in [1.807, 2.05) is 0 Å². The first-order valence-corrected chi connectivity index (χ1v) is 6.97. The van der Waals surface area contributed by atoms with Gasteiger partial charge in [-0.3, -0.25) is 0 Å². The zero-order valence-corrected chi connectivity index (χ0v) is 13.0. The van der Waals surface area contributed by atoms with Crippen molar-refractivity contribution in [1.82, 2.24) is 5.32 Å². The monoisotopic (exact) mass is 317 g/mol. The summed E-state index contributed by atoms with van der Waals surface area (Å²) in [7, 11) is 0. The molecular weight excluding hydrogens is 297 g/mol. The van der Waals surface area contributed by atoms with Crippen molar-refractivity contribution in [1.29, 1.82) is 0 Å². The molecule has 18 heavy (non-hydrogen) atoms. The third-order valence-corrected chi connectivity index (χ3v) is 2.91. The van der Waals surface area contributed by atoms with Crippen molar-refractivity contribution in [2.24, 2.45) is 0 Å². The molecule has 1 unspecified atom stereocenters. The molecule has 0 amide bonds. The van der Waals surface area contributed by atoms with Crippen LogP contribution in [0.3, 0.4) is 0 Å². The summed E-state index contributed by atoms with van der Waals surface area (Å²) in [5.41, 5.74) is 0.0549. The summed E-state index contributed by atoms with van der Waals surface area (Å²) in [5, 5.41) is 3.39. The molecule has 0 heterocycles. The van der Waals surface area contributed by atoms with Crippen LogP contribution < -0.4 is 10.1 Å². The van der Waals surface area contributed by atoms with E-state index >= 15 is 0 Å². The molecule has 0 aliphatic carbocycles. The predicted molar refractivity (Wildman–Crippen MR) is 76.6 cm³/mol. The summed E-state index contributed by atoms with van der Waals surface area (Å²) in [4.78, 5) is 0. The van der Waals surface area contributed by atoms with E-state index in [0.29, 0.717) is 10.2 Å². The molecule has 1 aromatic rings. The summed E-state index contributed by atoms with van der Waals surface area (Å²) < 4.78 is 19.7. The minimum Gasteiger partial charge on any atom is -0.489 e. The van der Waals surface area contributed by atoms with Crippen molar-refractivity contribution in [3.63, 3.8) is 0 Å². The summed E-state index contributed by atoms with van der Waals surface area (Å²) in [6, 6.07) is 4.61. The normalized spacial score (nSPS) is 13.4. The molecule has 1 atom stereocenters. The van der Waals surface area contributed by atoms with E-state index < -0.39 is 0 Å². The van der Waals surface area contributed by atoms with E-state index in [4.69, 9.17) is 4.74 Å². The Morgan fingerprint density at radius 1 is 1.33 bits per heavy atom. The number of benzene rings is 1. The third-order valence-electron chi connectivity index (χ3n) is 2.45. The Hall–Kier alpha value is -0.610. The van der Waals surface area contributed by atoms with Gasteiger partial charge in [0.05, 0.1) is 0 Å². The van der Waals surface area contributed by atoms with Gasteiger partial charge in [-0.25, -0.2) is 4.39 Å². The van der Waals surface area contributed by atoms with Gasteiger partial charge in [0.25, 0.3) is 0 Å². The van der Waals surface area contributed by atoms with Crippen LogP contribution in [0.15, 0.2) is 22.7 Å². The lowest BCUT2D eigenvalue weighted by Gasteiger charge is -2.25.